The zero-order valence-electron chi connectivity index (χ0n) is 11.0. The number of nitrogens with zero attached hydrogens (tertiary/aromatic N) is 1. The maximum Gasteiger partial charge on any atom is 0.336 e. The van der Waals surface area contributed by atoms with Gasteiger partial charge in [-0.3, -0.25) is 9.62 Å². The van der Waals surface area contributed by atoms with E-state index in [1.165, 1.54) is 11.9 Å². The van der Waals surface area contributed by atoms with E-state index in [-0.39, 0.29) is 6.03 Å². The summed E-state index contributed by atoms with van der Waals surface area (Å²) < 4.78 is 2.80. The maximum atomic E-state index is 12.4. The Hall–Kier alpha value is -2.20. The summed E-state index contributed by atoms with van der Waals surface area (Å²) >= 11 is 1.30. The minimum atomic E-state index is -0.138. The lowest BCUT2D eigenvalue weighted by Gasteiger charge is -2.24. The Kier molecular flexibility index (Phi) is 3.48. The molecule has 0 unspecified atom stereocenters. The molecule has 1 N–H and O–H groups in total. The van der Waals surface area contributed by atoms with Crippen LogP contribution in [0.1, 0.15) is 11.1 Å². The molecule has 3 nitrogen and oxygen atoms in total. The molecule has 2 aromatic rings. The van der Waals surface area contributed by atoms with E-state index >= 15 is 0 Å². The van der Waals surface area contributed by atoms with Gasteiger partial charge in [0.1, 0.15) is 0 Å². The highest BCUT2D eigenvalue weighted by Gasteiger charge is 2.23. The summed E-state index contributed by atoms with van der Waals surface area (Å²) in [6.07, 6.45) is 5.92. The van der Waals surface area contributed by atoms with Crippen LogP contribution in [0, 0.1) is 0 Å². The van der Waals surface area contributed by atoms with E-state index in [9.17, 15) is 4.79 Å². The second-order valence-corrected chi connectivity index (χ2v) is 5.01. The summed E-state index contributed by atoms with van der Waals surface area (Å²) in [5.41, 5.74) is 3.83. The van der Waals surface area contributed by atoms with Crippen molar-refractivity contribution >= 4 is 41.5 Å². The molecule has 0 radical (unpaired) electrons. The molecule has 3 rings (SSSR count). The highest BCUT2D eigenvalue weighted by molar-refractivity contribution is 7.97. The van der Waals surface area contributed by atoms with Gasteiger partial charge in [0.2, 0.25) is 0 Å². The van der Waals surface area contributed by atoms with Gasteiger partial charge < -0.3 is 0 Å². The van der Waals surface area contributed by atoms with Crippen molar-refractivity contribution in [3.63, 3.8) is 0 Å². The topological polar surface area (TPSA) is 32.3 Å². The third-order valence-electron chi connectivity index (χ3n) is 3.19. The van der Waals surface area contributed by atoms with Crippen molar-refractivity contribution < 1.29 is 4.79 Å². The predicted molar refractivity (Wildman–Crippen MR) is 86.0 cm³/mol. The van der Waals surface area contributed by atoms with Gasteiger partial charge >= 0.3 is 6.03 Å². The summed E-state index contributed by atoms with van der Waals surface area (Å²) in [6, 6.07) is 15.6. The zero-order valence-corrected chi connectivity index (χ0v) is 11.9. The van der Waals surface area contributed by atoms with Crippen molar-refractivity contribution in [2.24, 2.45) is 0 Å². The number of carbonyl (C=O) groups excluding carboxylic acids is 1. The molecule has 0 atom stereocenters. The smallest absolute Gasteiger partial charge is 0.281 e. The summed E-state index contributed by atoms with van der Waals surface area (Å²) in [6.45, 7) is 0. The molecule has 2 amide bonds. The van der Waals surface area contributed by atoms with Gasteiger partial charge in [-0.1, -0.05) is 60.5 Å². The number of hydrogen-bond acceptors (Lipinski definition) is 2. The molecular weight excluding hydrogens is 268 g/mol. The fraction of sp³-hybridized carbons (Fsp3) is 0.0625. The molecule has 0 spiro atoms. The van der Waals surface area contributed by atoms with E-state index in [0.717, 1.165) is 22.5 Å². The fourth-order valence-corrected chi connectivity index (χ4v) is 2.59. The first-order valence-corrected chi connectivity index (χ1v) is 7.53. The Morgan fingerprint density at radius 2 is 1.45 bits per heavy atom. The van der Waals surface area contributed by atoms with Crippen LogP contribution >= 0.6 is 11.9 Å². The SMILES string of the molecule is CSNC(=O)N1c2ccccc2C=Cc2ccccc21. The van der Waals surface area contributed by atoms with Gasteiger partial charge in [-0.25, -0.2) is 4.79 Å². The average molecular weight is 282 g/mol. The first-order valence-electron chi connectivity index (χ1n) is 6.30. The number of nitrogens with one attached hydrogen (secondary N) is 1. The molecule has 0 saturated carbocycles. The molecular formula is C16H14N2OS. The van der Waals surface area contributed by atoms with Crippen LogP contribution in [0.25, 0.3) is 12.2 Å². The summed E-state index contributed by atoms with van der Waals surface area (Å²) in [7, 11) is 0. The number of anilines is 2. The molecule has 1 heterocycles. The third kappa shape index (κ3) is 2.18. The van der Waals surface area contributed by atoms with Gasteiger partial charge in [-0.2, -0.15) is 0 Å². The van der Waals surface area contributed by atoms with Crippen LogP contribution in [0.5, 0.6) is 0 Å². The number of fused-ring (bicyclic) bond motifs is 2. The second kappa shape index (κ2) is 5.43. The van der Waals surface area contributed by atoms with E-state index in [1.807, 2.05) is 66.9 Å². The van der Waals surface area contributed by atoms with Crippen molar-refractivity contribution in [3.8, 4) is 0 Å². The zero-order chi connectivity index (χ0) is 13.9. The van der Waals surface area contributed by atoms with Crippen LogP contribution in [0.15, 0.2) is 48.5 Å². The molecule has 0 fully saturated rings. The molecule has 0 bridgehead atoms. The number of amides is 2. The Morgan fingerprint density at radius 3 is 1.95 bits per heavy atom. The van der Waals surface area contributed by atoms with E-state index in [4.69, 9.17) is 0 Å². The quantitative estimate of drug-likeness (QED) is 0.791. The predicted octanol–water partition coefficient (Wildman–Crippen LogP) is 4.30. The maximum absolute atomic E-state index is 12.4. The van der Waals surface area contributed by atoms with E-state index in [1.54, 1.807) is 4.90 Å². The summed E-state index contributed by atoms with van der Waals surface area (Å²) in [5, 5.41) is 0. The van der Waals surface area contributed by atoms with Crippen molar-refractivity contribution in [1.82, 2.24) is 4.72 Å². The number of para-hydroxylation sites is 2. The normalized spacial score (nSPS) is 12.3. The Labute approximate surface area is 122 Å². The Balaban J connectivity index is 2.20. The molecule has 20 heavy (non-hydrogen) atoms. The lowest BCUT2D eigenvalue weighted by atomic mass is 10.1. The first-order chi connectivity index (χ1) is 9.81. The Bertz CT molecular complexity index is 632. The highest BCUT2D eigenvalue weighted by Crippen LogP contribution is 2.36. The molecule has 0 saturated heterocycles. The van der Waals surface area contributed by atoms with Crippen LogP contribution in [-0.4, -0.2) is 12.3 Å². The highest BCUT2D eigenvalue weighted by atomic mass is 32.2. The first kappa shape index (κ1) is 12.8. The molecule has 1 aliphatic heterocycles. The van der Waals surface area contributed by atoms with Crippen LogP contribution in [0.2, 0.25) is 0 Å². The van der Waals surface area contributed by atoms with Crippen molar-refractivity contribution in [2.75, 3.05) is 11.2 Å². The van der Waals surface area contributed by atoms with Gasteiger partial charge in [0.05, 0.1) is 11.4 Å². The standard InChI is InChI=1S/C16H14N2OS/c1-20-17-16(19)18-14-8-4-2-6-12(14)10-11-13-7-3-5-9-15(13)18/h2-11H,1H3,(H,17,19). The largest absolute Gasteiger partial charge is 0.336 e. The number of rotatable bonds is 1. The van der Waals surface area contributed by atoms with Gasteiger partial charge in [-0.15, -0.1) is 0 Å². The lowest BCUT2D eigenvalue weighted by molar-refractivity contribution is 0.254. The van der Waals surface area contributed by atoms with E-state index < -0.39 is 0 Å². The second-order valence-electron chi connectivity index (χ2n) is 4.40. The number of benzene rings is 2. The van der Waals surface area contributed by atoms with E-state index in [2.05, 4.69) is 4.72 Å². The minimum absolute atomic E-state index is 0.138. The monoisotopic (exact) mass is 282 g/mol. The van der Waals surface area contributed by atoms with Crippen LogP contribution in [0.3, 0.4) is 0 Å². The third-order valence-corrected chi connectivity index (χ3v) is 3.57. The molecule has 1 aliphatic rings. The molecule has 2 aromatic carbocycles. The van der Waals surface area contributed by atoms with Crippen LogP contribution in [-0.2, 0) is 0 Å². The number of carbonyl (C=O) groups is 1. The van der Waals surface area contributed by atoms with Crippen LogP contribution < -0.4 is 9.62 Å². The molecule has 0 aromatic heterocycles. The van der Waals surface area contributed by atoms with Gasteiger partial charge in [0.25, 0.3) is 0 Å². The van der Waals surface area contributed by atoms with Crippen molar-refractivity contribution in [1.29, 1.82) is 0 Å². The minimum Gasteiger partial charge on any atom is -0.281 e. The summed E-state index contributed by atoms with van der Waals surface area (Å²) in [4.78, 5) is 14.2. The summed E-state index contributed by atoms with van der Waals surface area (Å²) in [5.74, 6) is 0. The average Bonchev–Trinajstić information content (AvgIpc) is 2.64. The van der Waals surface area contributed by atoms with Gasteiger partial charge in [0, 0.05) is 6.26 Å². The Morgan fingerprint density at radius 1 is 0.950 bits per heavy atom. The molecule has 0 aliphatic carbocycles. The van der Waals surface area contributed by atoms with E-state index in [0.29, 0.717) is 0 Å². The van der Waals surface area contributed by atoms with Crippen LogP contribution in [0.4, 0.5) is 16.2 Å². The van der Waals surface area contributed by atoms with Gasteiger partial charge in [-0.05, 0) is 23.3 Å². The fourth-order valence-electron chi connectivity index (χ4n) is 2.33. The van der Waals surface area contributed by atoms with Crippen molar-refractivity contribution in [3.05, 3.63) is 59.7 Å². The molecule has 100 valence electrons. The van der Waals surface area contributed by atoms with Crippen molar-refractivity contribution in [2.45, 2.75) is 0 Å². The lowest BCUT2D eigenvalue weighted by Crippen LogP contribution is -2.33. The van der Waals surface area contributed by atoms with Gasteiger partial charge in [0.15, 0.2) is 0 Å². The number of hydrogen-bond donors (Lipinski definition) is 1. The number of urea groups is 1. The molecule has 4 heteroatoms.